The van der Waals surface area contributed by atoms with Crippen LogP contribution in [0.3, 0.4) is 0 Å². The quantitative estimate of drug-likeness (QED) is 0.881. The van der Waals surface area contributed by atoms with Crippen molar-refractivity contribution in [1.82, 2.24) is 0 Å². The fourth-order valence-electron chi connectivity index (χ4n) is 2.35. The van der Waals surface area contributed by atoms with Gasteiger partial charge in [-0.2, -0.15) is 0 Å². The van der Waals surface area contributed by atoms with Gasteiger partial charge in [0.2, 0.25) is 0 Å². The minimum Gasteiger partial charge on any atom is -0.492 e. The van der Waals surface area contributed by atoms with E-state index in [0.717, 1.165) is 24.3 Å². The van der Waals surface area contributed by atoms with E-state index in [4.69, 9.17) is 4.74 Å². The number of hydrogen-bond donors (Lipinski definition) is 1. The Morgan fingerprint density at radius 1 is 1.39 bits per heavy atom. The number of hydrogen-bond acceptors (Lipinski definition) is 2. The molecular weight excluding hydrogens is 224 g/mol. The smallest absolute Gasteiger partial charge is 0.123 e. The minimum absolute atomic E-state index is 0.0431. The van der Waals surface area contributed by atoms with Gasteiger partial charge >= 0.3 is 0 Å². The van der Waals surface area contributed by atoms with Crippen LogP contribution in [0.4, 0.5) is 0 Å². The van der Waals surface area contributed by atoms with Crippen LogP contribution in [0.15, 0.2) is 18.2 Å². The lowest BCUT2D eigenvalue weighted by molar-refractivity contribution is 0.0465. The Balaban J connectivity index is 2.38. The summed E-state index contributed by atoms with van der Waals surface area (Å²) in [5, 5.41) is 10.5. The standard InChI is InChI=1S/C16H24O2/c1-6-15(2,3)14(17)11-7-8-13-12(9-11)16(4,5)10-18-13/h7-9,14,17H,6,10H2,1-5H3. The van der Waals surface area contributed by atoms with Crippen molar-refractivity contribution in [1.29, 1.82) is 0 Å². The van der Waals surface area contributed by atoms with Gasteiger partial charge in [0.25, 0.3) is 0 Å². The molecule has 1 aromatic carbocycles. The molecule has 1 unspecified atom stereocenters. The minimum atomic E-state index is -0.427. The van der Waals surface area contributed by atoms with Gasteiger partial charge < -0.3 is 9.84 Å². The number of ether oxygens (including phenoxy) is 1. The lowest BCUT2D eigenvalue weighted by Gasteiger charge is -2.30. The summed E-state index contributed by atoms with van der Waals surface area (Å²) in [5.74, 6) is 0.963. The highest BCUT2D eigenvalue weighted by atomic mass is 16.5. The molecule has 1 heterocycles. The molecule has 0 bridgehead atoms. The third-order valence-electron chi connectivity index (χ3n) is 4.29. The van der Waals surface area contributed by atoms with Crippen LogP contribution in [0.2, 0.25) is 0 Å². The van der Waals surface area contributed by atoms with Crippen molar-refractivity contribution in [2.24, 2.45) is 5.41 Å². The van der Waals surface area contributed by atoms with Crippen molar-refractivity contribution in [3.8, 4) is 5.75 Å². The van der Waals surface area contributed by atoms with Gasteiger partial charge in [-0.25, -0.2) is 0 Å². The molecule has 1 N–H and O–H groups in total. The van der Waals surface area contributed by atoms with E-state index in [1.807, 2.05) is 12.1 Å². The summed E-state index contributed by atoms with van der Waals surface area (Å²) in [6.45, 7) is 11.4. The summed E-state index contributed by atoms with van der Waals surface area (Å²) >= 11 is 0. The molecule has 0 saturated heterocycles. The molecule has 2 heteroatoms. The second kappa shape index (κ2) is 4.27. The number of rotatable bonds is 3. The molecule has 1 atom stereocenters. The van der Waals surface area contributed by atoms with Gasteiger partial charge in [0, 0.05) is 11.0 Å². The lowest BCUT2D eigenvalue weighted by Crippen LogP contribution is -2.22. The Kier molecular flexibility index (Phi) is 3.18. The largest absolute Gasteiger partial charge is 0.492 e. The van der Waals surface area contributed by atoms with Crippen LogP contribution >= 0.6 is 0 Å². The van der Waals surface area contributed by atoms with E-state index in [1.54, 1.807) is 0 Å². The molecule has 0 fully saturated rings. The van der Waals surface area contributed by atoms with Crippen molar-refractivity contribution in [3.63, 3.8) is 0 Å². The van der Waals surface area contributed by atoms with Crippen LogP contribution in [0.1, 0.15) is 58.3 Å². The zero-order chi connectivity index (χ0) is 13.6. The van der Waals surface area contributed by atoms with Crippen molar-refractivity contribution in [2.45, 2.75) is 52.6 Å². The fourth-order valence-corrected chi connectivity index (χ4v) is 2.35. The third kappa shape index (κ3) is 2.14. The topological polar surface area (TPSA) is 29.5 Å². The van der Waals surface area contributed by atoms with Gasteiger partial charge in [0.1, 0.15) is 5.75 Å². The highest BCUT2D eigenvalue weighted by Gasteiger charge is 2.34. The van der Waals surface area contributed by atoms with E-state index < -0.39 is 6.10 Å². The van der Waals surface area contributed by atoms with E-state index >= 15 is 0 Å². The average molecular weight is 248 g/mol. The Hall–Kier alpha value is -1.02. The highest BCUT2D eigenvalue weighted by molar-refractivity contribution is 5.45. The van der Waals surface area contributed by atoms with Crippen LogP contribution in [0.5, 0.6) is 5.75 Å². The van der Waals surface area contributed by atoms with Gasteiger partial charge in [0.05, 0.1) is 12.7 Å². The van der Waals surface area contributed by atoms with Crippen LogP contribution in [-0.2, 0) is 5.41 Å². The van der Waals surface area contributed by atoms with Gasteiger partial charge in [-0.1, -0.05) is 40.7 Å². The molecular formula is C16H24O2. The van der Waals surface area contributed by atoms with Gasteiger partial charge in [-0.3, -0.25) is 0 Å². The molecule has 0 aliphatic carbocycles. The Bertz CT molecular complexity index is 446. The predicted molar refractivity (Wildman–Crippen MR) is 74.0 cm³/mol. The normalized spacial score (nSPS) is 19.2. The first kappa shape index (κ1) is 13.4. The van der Waals surface area contributed by atoms with Gasteiger partial charge in [-0.05, 0) is 29.5 Å². The summed E-state index contributed by atoms with van der Waals surface area (Å²) in [4.78, 5) is 0. The van der Waals surface area contributed by atoms with Crippen LogP contribution < -0.4 is 4.74 Å². The van der Waals surface area contributed by atoms with E-state index in [-0.39, 0.29) is 10.8 Å². The summed E-state index contributed by atoms with van der Waals surface area (Å²) in [6.07, 6.45) is 0.523. The van der Waals surface area contributed by atoms with Gasteiger partial charge in [-0.15, -0.1) is 0 Å². The first-order valence-electron chi connectivity index (χ1n) is 6.73. The maximum Gasteiger partial charge on any atom is 0.123 e. The number of benzene rings is 1. The SMILES string of the molecule is CCC(C)(C)C(O)c1ccc2c(c1)C(C)(C)CO2. The van der Waals surface area contributed by atoms with E-state index in [1.165, 1.54) is 5.56 Å². The summed E-state index contributed by atoms with van der Waals surface area (Å²) < 4.78 is 5.68. The van der Waals surface area contributed by atoms with E-state index in [9.17, 15) is 5.11 Å². The molecule has 100 valence electrons. The first-order valence-corrected chi connectivity index (χ1v) is 6.73. The maximum atomic E-state index is 10.5. The third-order valence-corrected chi connectivity index (χ3v) is 4.29. The number of aliphatic hydroxyl groups is 1. The molecule has 0 radical (unpaired) electrons. The van der Waals surface area contributed by atoms with Crippen LogP contribution in [0.25, 0.3) is 0 Å². The first-order chi connectivity index (χ1) is 8.28. The van der Waals surface area contributed by atoms with Crippen LogP contribution in [0, 0.1) is 5.41 Å². The maximum absolute atomic E-state index is 10.5. The lowest BCUT2D eigenvalue weighted by atomic mass is 9.78. The number of fused-ring (bicyclic) bond motifs is 1. The molecule has 1 aliphatic heterocycles. The van der Waals surface area contributed by atoms with Crippen molar-refractivity contribution in [3.05, 3.63) is 29.3 Å². The van der Waals surface area contributed by atoms with Gasteiger partial charge in [0.15, 0.2) is 0 Å². The molecule has 0 spiro atoms. The molecule has 0 aromatic heterocycles. The molecule has 2 nitrogen and oxygen atoms in total. The Morgan fingerprint density at radius 2 is 2.06 bits per heavy atom. The van der Waals surface area contributed by atoms with Crippen molar-refractivity contribution >= 4 is 0 Å². The molecule has 2 rings (SSSR count). The Labute approximate surface area is 110 Å². The van der Waals surface area contributed by atoms with E-state index in [0.29, 0.717) is 0 Å². The second-order valence-corrected chi connectivity index (χ2v) is 6.67. The predicted octanol–water partition coefficient (Wildman–Crippen LogP) is 3.83. The summed E-state index contributed by atoms with van der Waals surface area (Å²) in [6, 6.07) is 6.10. The fraction of sp³-hybridized carbons (Fsp3) is 0.625. The summed E-state index contributed by atoms with van der Waals surface area (Å²) in [5.41, 5.74) is 2.16. The summed E-state index contributed by atoms with van der Waals surface area (Å²) in [7, 11) is 0. The van der Waals surface area contributed by atoms with Crippen molar-refractivity contribution in [2.75, 3.05) is 6.61 Å². The molecule has 1 aliphatic rings. The average Bonchev–Trinajstić information content (AvgIpc) is 2.64. The molecule has 0 saturated carbocycles. The zero-order valence-electron chi connectivity index (χ0n) is 12.1. The van der Waals surface area contributed by atoms with E-state index in [2.05, 4.69) is 40.7 Å². The van der Waals surface area contributed by atoms with Crippen molar-refractivity contribution < 1.29 is 9.84 Å². The molecule has 18 heavy (non-hydrogen) atoms. The molecule has 1 aromatic rings. The highest BCUT2D eigenvalue weighted by Crippen LogP contribution is 2.42. The monoisotopic (exact) mass is 248 g/mol. The molecule has 0 amide bonds. The van der Waals surface area contributed by atoms with Crippen LogP contribution in [-0.4, -0.2) is 11.7 Å². The number of aliphatic hydroxyl groups excluding tert-OH is 1. The second-order valence-electron chi connectivity index (χ2n) is 6.67. The zero-order valence-corrected chi connectivity index (χ0v) is 12.1. The Morgan fingerprint density at radius 3 is 2.67 bits per heavy atom.